The maximum atomic E-state index is 12.7. The van der Waals surface area contributed by atoms with Crippen molar-refractivity contribution in [1.82, 2.24) is 24.8 Å². The third-order valence-electron chi connectivity index (χ3n) is 4.40. The fraction of sp³-hybridized carbons (Fsp3) is 0.350. The molecule has 0 spiro atoms. The second-order valence-corrected chi connectivity index (χ2v) is 6.72. The Morgan fingerprint density at radius 3 is 2.30 bits per heavy atom. The molecule has 0 fully saturated rings. The van der Waals surface area contributed by atoms with Crippen molar-refractivity contribution in [2.45, 2.75) is 26.4 Å². The summed E-state index contributed by atoms with van der Waals surface area (Å²) in [6, 6.07) is 3.31. The van der Waals surface area contributed by atoms with Gasteiger partial charge in [0, 0.05) is 18.2 Å². The molecule has 0 radical (unpaired) electrons. The molecule has 10 heteroatoms. The number of benzene rings is 1. The van der Waals surface area contributed by atoms with Crippen molar-refractivity contribution in [3.8, 4) is 17.2 Å². The summed E-state index contributed by atoms with van der Waals surface area (Å²) < 4.78 is 17.6. The first-order valence-corrected chi connectivity index (χ1v) is 9.19. The summed E-state index contributed by atoms with van der Waals surface area (Å²) in [5.74, 6) is 1.12. The Kier molecular flexibility index (Phi) is 6.14. The first-order chi connectivity index (χ1) is 14.4. The molecular formula is C20H23N5O5. The van der Waals surface area contributed by atoms with Crippen molar-refractivity contribution in [2.24, 2.45) is 0 Å². The quantitative estimate of drug-likeness (QED) is 0.618. The van der Waals surface area contributed by atoms with Crippen molar-refractivity contribution in [1.29, 1.82) is 0 Å². The lowest BCUT2D eigenvalue weighted by Crippen LogP contribution is -2.32. The van der Waals surface area contributed by atoms with E-state index in [-0.39, 0.29) is 29.4 Å². The summed E-state index contributed by atoms with van der Waals surface area (Å²) in [5.41, 5.74) is 0.766. The third-order valence-corrected chi connectivity index (χ3v) is 4.40. The number of hydrogen-bond acceptors (Lipinski definition) is 8. The number of amides is 1. The Balaban J connectivity index is 2.18. The Morgan fingerprint density at radius 1 is 1.07 bits per heavy atom. The zero-order chi connectivity index (χ0) is 21.8. The number of rotatable bonds is 7. The van der Waals surface area contributed by atoms with Crippen LogP contribution in [0.1, 0.15) is 29.9 Å². The van der Waals surface area contributed by atoms with Gasteiger partial charge in [0.25, 0.3) is 11.5 Å². The molecule has 0 atom stereocenters. The fourth-order valence-corrected chi connectivity index (χ4v) is 3.02. The van der Waals surface area contributed by atoms with Crippen LogP contribution in [0.5, 0.6) is 17.2 Å². The Hall–Kier alpha value is -3.69. The summed E-state index contributed by atoms with van der Waals surface area (Å²) in [7, 11) is 4.57. The summed E-state index contributed by atoms with van der Waals surface area (Å²) in [5, 5.41) is 2.77. The minimum absolute atomic E-state index is 0.0798. The first kappa shape index (κ1) is 21.0. The molecule has 0 bridgehead atoms. The molecule has 0 unspecified atom stereocenters. The largest absolute Gasteiger partial charge is 0.496 e. The van der Waals surface area contributed by atoms with Gasteiger partial charge in [0.2, 0.25) is 0 Å². The second-order valence-electron chi connectivity index (χ2n) is 6.72. The molecule has 2 aromatic heterocycles. The van der Waals surface area contributed by atoms with Crippen molar-refractivity contribution in [3.63, 3.8) is 0 Å². The van der Waals surface area contributed by atoms with Crippen molar-refractivity contribution < 1.29 is 19.0 Å². The van der Waals surface area contributed by atoms with Crippen LogP contribution < -0.4 is 25.1 Å². The molecule has 1 aromatic carbocycles. The van der Waals surface area contributed by atoms with E-state index in [4.69, 9.17) is 14.2 Å². The van der Waals surface area contributed by atoms with Crippen LogP contribution in [0.3, 0.4) is 0 Å². The van der Waals surface area contributed by atoms with Crippen LogP contribution in [0.15, 0.2) is 29.5 Å². The van der Waals surface area contributed by atoms with Crippen LogP contribution in [0.4, 0.5) is 0 Å². The van der Waals surface area contributed by atoms with E-state index in [0.717, 1.165) is 6.20 Å². The number of carbonyl (C=O) groups is 1. The lowest BCUT2D eigenvalue weighted by molar-refractivity contribution is 0.0939. The highest BCUT2D eigenvalue weighted by Gasteiger charge is 2.20. The Labute approximate surface area is 172 Å². The van der Waals surface area contributed by atoms with Gasteiger partial charge in [-0.2, -0.15) is 0 Å². The minimum Gasteiger partial charge on any atom is -0.496 e. The predicted molar refractivity (Wildman–Crippen MR) is 109 cm³/mol. The van der Waals surface area contributed by atoms with E-state index in [1.54, 1.807) is 12.1 Å². The molecule has 0 saturated heterocycles. The number of aromatic nitrogens is 4. The Morgan fingerprint density at radius 2 is 1.73 bits per heavy atom. The van der Waals surface area contributed by atoms with Crippen LogP contribution in [0.2, 0.25) is 0 Å². The van der Waals surface area contributed by atoms with Gasteiger partial charge in [-0.3, -0.25) is 14.2 Å². The maximum Gasteiger partial charge on any atom is 0.272 e. The number of fused-ring (bicyclic) bond motifs is 1. The summed E-state index contributed by atoms with van der Waals surface area (Å²) in [6.07, 6.45) is 2.37. The standard InChI is InChI=1S/C20H23N5O5/c1-11(2)24-20(27)18-17-19(23-10-22-18)25(16(26)8-21-17)9-13-14(29-4)6-12(28-3)7-15(13)30-5/h6-8,10-11H,9H2,1-5H3,(H,24,27). The molecule has 30 heavy (non-hydrogen) atoms. The lowest BCUT2D eigenvalue weighted by Gasteiger charge is -2.17. The van der Waals surface area contributed by atoms with E-state index in [1.807, 2.05) is 13.8 Å². The highest BCUT2D eigenvalue weighted by Crippen LogP contribution is 2.34. The van der Waals surface area contributed by atoms with E-state index >= 15 is 0 Å². The number of nitrogens with one attached hydrogen (secondary N) is 1. The van der Waals surface area contributed by atoms with Gasteiger partial charge >= 0.3 is 0 Å². The van der Waals surface area contributed by atoms with Gasteiger partial charge in [0.1, 0.15) is 29.1 Å². The average Bonchev–Trinajstić information content (AvgIpc) is 2.74. The number of carbonyl (C=O) groups excluding carboxylic acids is 1. The van der Waals surface area contributed by atoms with E-state index in [0.29, 0.717) is 22.8 Å². The molecule has 1 amide bonds. The third kappa shape index (κ3) is 4.02. The molecule has 3 aromatic rings. The molecule has 0 aliphatic carbocycles. The predicted octanol–water partition coefficient (Wildman–Crippen LogP) is 1.40. The van der Waals surface area contributed by atoms with E-state index in [9.17, 15) is 9.59 Å². The van der Waals surface area contributed by atoms with Gasteiger partial charge in [0.15, 0.2) is 11.3 Å². The minimum atomic E-state index is -0.394. The average molecular weight is 413 g/mol. The highest BCUT2D eigenvalue weighted by atomic mass is 16.5. The van der Waals surface area contributed by atoms with Crippen LogP contribution in [-0.2, 0) is 6.54 Å². The highest BCUT2D eigenvalue weighted by molar-refractivity contribution is 6.02. The summed E-state index contributed by atoms with van der Waals surface area (Å²) in [6.45, 7) is 3.76. The summed E-state index contributed by atoms with van der Waals surface area (Å²) in [4.78, 5) is 37.6. The Bertz CT molecular complexity index is 1120. The van der Waals surface area contributed by atoms with E-state index in [1.165, 1.54) is 32.2 Å². The first-order valence-electron chi connectivity index (χ1n) is 9.19. The van der Waals surface area contributed by atoms with Crippen LogP contribution in [0, 0.1) is 0 Å². The monoisotopic (exact) mass is 413 g/mol. The number of ether oxygens (including phenoxy) is 3. The SMILES string of the molecule is COc1cc(OC)c(Cn2c(=O)cnc3c(C(=O)NC(C)C)ncnc32)c(OC)c1. The molecule has 1 N–H and O–H groups in total. The molecule has 0 aliphatic rings. The molecule has 3 rings (SSSR count). The van der Waals surface area contributed by atoms with Gasteiger partial charge in [-0.05, 0) is 13.8 Å². The smallest absolute Gasteiger partial charge is 0.272 e. The molecule has 10 nitrogen and oxygen atoms in total. The van der Waals surface area contributed by atoms with Crippen molar-refractivity contribution in [2.75, 3.05) is 21.3 Å². The van der Waals surface area contributed by atoms with Gasteiger partial charge in [0.05, 0.1) is 39.6 Å². The van der Waals surface area contributed by atoms with Crippen LogP contribution >= 0.6 is 0 Å². The number of methoxy groups -OCH3 is 3. The zero-order valence-corrected chi connectivity index (χ0v) is 17.4. The number of hydrogen-bond donors (Lipinski definition) is 1. The van der Waals surface area contributed by atoms with Crippen LogP contribution in [-0.4, -0.2) is 52.8 Å². The molecule has 0 saturated carbocycles. The zero-order valence-electron chi connectivity index (χ0n) is 17.4. The topological polar surface area (TPSA) is 117 Å². The molecule has 158 valence electrons. The normalized spacial score (nSPS) is 10.9. The van der Waals surface area contributed by atoms with Gasteiger partial charge in [-0.1, -0.05) is 0 Å². The van der Waals surface area contributed by atoms with Crippen molar-refractivity contribution in [3.05, 3.63) is 46.3 Å². The van der Waals surface area contributed by atoms with Crippen LogP contribution in [0.25, 0.3) is 11.2 Å². The van der Waals surface area contributed by atoms with Crippen molar-refractivity contribution >= 4 is 17.1 Å². The molecular weight excluding hydrogens is 390 g/mol. The van der Waals surface area contributed by atoms with E-state index in [2.05, 4.69) is 20.3 Å². The van der Waals surface area contributed by atoms with E-state index < -0.39 is 11.5 Å². The molecule has 0 aliphatic heterocycles. The summed E-state index contributed by atoms with van der Waals surface area (Å²) >= 11 is 0. The lowest BCUT2D eigenvalue weighted by atomic mass is 10.1. The second kappa shape index (κ2) is 8.76. The van der Waals surface area contributed by atoms with Gasteiger partial charge in [-0.15, -0.1) is 0 Å². The number of nitrogens with zero attached hydrogens (tertiary/aromatic N) is 4. The molecule has 2 heterocycles. The fourth-order valence-electron chi connectivity index (χ4n) is 3.02. The van der Waals surface area contributed by atoms with Gasteiger partial charge in [-0.25, -0.2) is 15.0 Å². The van der Waals surface area contributed by atoms with Gasteiger partial charge < -0.3 is 19.5 Å². The maximum absolute atomic E-state index is 12.7.